The van der Waals surface area contributed by atoms with E-state index in [-0.39, 0.29) is 0 Å². The van der Waals surface area contributed by atoms with Crippen LogP contribution < -0.4 is 4.74 Å². The number of ether oxygens (including phenoxy) is 1. The summed E-state index contributed by atoms with van der Waals surface area (Å²) in [5, 5.41) is 11.3. The lowest BCUT2D eigenvalue weighted by atomic mass is 9.93. The standard InChI is InChI=1S/C27H19FO3/c1-31-26-13-7-22(8-14-26)23(17-20-29)16-19-27(30,24-9-11-25(28)12-10-24)18-15-21-5-3-2-4-6-21/h2-14,17,20,30H,1H3/b23-17+. The lowest BCUT2D eigenvalue weighted by Crippen LogP contribution is -2.21. The van der Waals surface area contributed by atoms with Crippen molar-refractivity contribution in [3.05, 3.63) is 107 Å². The van der Waals surface area contributed by atoms with Gasteiger partial charge in [0.05, 0.1) is 7.11 Å². The van der Waals surface area contributed by atoms with Gasteiger partial charge in [-0.25, -0.2) is 4.39 Å². The second-order valence-electron chi connectivity index (χ2n) is 6.53. The summed E-state index contributed by atoms with van der Waals surface area (Å²) in [5.41, 5.74) is 0.226. The lowest BCUT2D eigenvalue weighted by molar-refractivity contribution is -0.104. The molecule has 3 aromatic rings. The van der Waals surface area contributed by atoms with Crippen molar-refractivity contribution < 1.29 is 19.0 Å². The monoisotopic (exact) mass is 410 g/mol. The van der Waals surface area contributed by atoms with Crippen LogP contribution in [0.4, 0.5) is 4.39 Å². The molecule has 3 nitrogen and oxygen atoms in total. The van der Waals surface area contributed by atoms with Crippen LogP contribution >= 0.6 is 0 Å². The first-order chi connectivity index (χ1) is 15.0. The highest BCUT2D eigenvalue weighted by molar-refractivity contribution is 5.89. The van der Waals surface area contributed by atoms with Gasteiger partial charge in [-0.2, -0.15) is 0 Å². The molecule has 0 amide bonds. The number of aldehydes is 1. The zero-order valence-corrected chi connectivity index (χ0v) is 16.8. The summed E-state index contributed by atoms with van der Waals surface area (Å²) in [6, 6.07) is 21.5. The summed E-state index contributed by atoms with van der Waals surface area (Å²) in [5.74, 6) is 11.5. The van der Waals surface area contributed by atoms with Crippen molar-refractivity contribution in [1.82, 2.24) is 0 Å². The Bertz CT molecular complexity index is 1190. The highest BCUT2D eigenvalue weighted by Gasteiger charge is 2.24. The Hall–Kier alpha value is -4.12. The third kappa shape index (κ3) is 5.70. The van der Waals surface area contributed by atoms with E-state index in [2.05, 4.69) is 23.7 Å². The fourth-order valence-electron chi connectivity index (χ4n) is 2.76. The Morgan fingerprint density at radius 2 is 1.65 bits per heavy atom. The van der Waals surface area contributed by atoms with Crippen LogP contribution in [0.5, 0.6) is 5.75 Å². The molecule has 0 aromatic heterocycles. The maximum Gasteiger partial charge on any atom is 0.214 e. The van der Waals surface area contributed by atoms with E-state index in [1.54, 1.807) is 43.5 Å². The molecule has 152 valence electrons. The zero-order chi connectivity index (χ0) is 22.1. The number of hydrogen-bond acceptors (Lipinski definition) is 3. The van der Waals surface area contributed by atoms with E-state index in [4.69, 9.17) is 4.74 Å². The fourth-order valence-corrected chi connectivity index (χ4v) is 2.76. The first kappa shape index (κ1) is 21.6. The zero-order valence-electron chi connectivity index (χ0n) is 16.8. The van der Waals surface area contributed by atoms with Crippen LogP contribution in [-0.2, 0) is 10.4 Å². The number of aliphatic hydroxyl groups is 1. The number of methoxy groups -OCH3 is 1. The first-order valence-electron chi connectivity index (χ1n) is 9.44. The highest BCUT2D eigenvalue weighted by atomic mass is 19.1. The van der Waals surface area contributed by atoms with Gasteiger partial charge in [-0.1, -0.05) is 54.3 Å². The summed E-state index contributed by atoms with van der Waals surface area (Å²) in [6.45, 7) is 0. The maximum atomic E-state index is 13.4. The predicted octanol–water partition coefficient (Wildman–Crippen LogP) is 4.36. The average Bonchev–Trinajstić information content (AvgIpc) is 2.81. The molecule has 31 heavy (non-hydrogen) atoms. The molecule has 4 heteroatoms. The van der Waals surface area contributed by atoms with Gasteiger partial charge in [0.2, 0.25) is 5.60 Å². The Morgan fingerprint density at radius 1 is 0.968 bits per heavy atom. The van der Waals surface area contributed by atoms with Gasteiger partial charge in [-0.05, 0) is 59.9 Å². The molecule has 1 N–H and O–H groups in total. The summed E-state index contributed by atoms with van der Waals surface area (Å²) >= 11 is 0. The number of allylic oxidation sites excluding steroid dienone is 2. The molecular formula is C27H19FO3. The molecule has 0 bridgehead atoms. The lowest BCUT2D eigenvalue weighted by Gasteiger charge is -2.16. The molecule has 0 spiro atoms. The van der Waals surface area contributed by atoms with E-state index in [1.807, 2.05) is 18.2 Å². The van der Waals surface area contributed by atoms with E-state index in [0.29, 0.717) is 34.3 Å². The Kier molecular flexibility index (Phi) is 7.01. The van der Waals surface area contributed by atoms with E-state index in [9.17, 15) is 14.3 Å². The van der Waals surface area contributed by atoms with Crippen molar-refractivity contribution in [1.29, 1.82) is 0 Å². The maximum absolute atomic E-state index is 13.4. The molecule has 0 aliphatic heterocycles. The van der Waals surface area contributed by atoms with Crippen LogP contribution in [0.1, 0.15) is 16.7 Å². The number of carbonyl (C=O) groups is 1. The number of rotatable bonds is 4. The van der Waals surface area contributed by atoms with Crippen molar-refractivity contribution in [2.45, 2.75) is 5.60 Å². The topological polar surface area (TPSA) is 46.5 Å². The average molecular weight is 410 g/mol. The summed E-state index contributed by atoms with van der Waals surface area (Å²) < 4.78 is 18.6. The van der Waals surface area contributed by atoms with Gasteiger partial charge in [-0.3, -0.25) is 4.79 Å². The number of halogens is 1. The molecule has 0 radical (unpaired) electrons. The smallest absolute Gasteiger partial charge is 0.214 e. The third-order valence-corrected chi connectivity index (χ3v) is 4.44. The number of hydrogen-bond donors (Lipinski definition) is 1. The van der Waals surface area contributed by atoms with Crippen LogP contribution in [0.15, 0.2) is 84.9 Å². The normalized spacial score (nSPS) is 12.4. The minimum Gasteiger partial charge on any atom is -0.497 e. The van der Waals surface area contributed by atoms with E-state index < -0.39 is 11.4 Å². The molecule has 0 saturated carbocycles. The SMILES string of the molecule is COc1ccc(/C(C#CC(O)(C#Cc2ccccc2)c2ccc(F)cc2)=C/C=O)cc1. The van der Waals surface area contributed by atoms with Crippen molar-refractivity contribution in [3.63, 3.8) is 0 Å². The van der Waals surface area contributed by atoms with E-state index >= 15 is 0 Å². The minimum atomic E-state index is -1.88. The van der Waals surface area contributed by atoms with E-state index in [0.717, 1.165) is 0 Å². The molecule has 0 aliphatic rings. The van der Waals surface area contributed by atoms with Crippen LogP contribution in [0.25, 0.3) is 5.57 Å². The van der Waals surface area contributed by atoms with Crippen molar-refractivity contribution >= 4 is 11.9 Å². The Balaban J connectivity index is 2.06. The van der Waals surface area contributed by atoms with Gasteiger partial charge in [-0.15, -0.1) is 0 Å². The summed E-state index contributed by atoms with van der Waals surface area (Å²) in [6.07, 6.45) is 1.94. The quantitative estimate of drug-likeness (QED) is 0.395. The van der Waals surface area contributed by atoms with Crippen LogP contribution in [0.2, 0.25) is 0 Å². The van der Waals surface area contributed by atoms with Crippen LogP contribution in [-0.4, -0.2) is 18.5 Å². The molecule has 1 atom stereocenters. The van der Waals surface area contributed by atoms with Gasteiger partial charge < -0.3 is 9.84 Å². The van der Waals surface area contributed by atoms with Crippen LogP contribution in [0.3, 0.4) is 0 Å². The molecule has 3 rings (SSSR count). The molecule has 1 unspecified atom stereocenters. The second kappa shape index (κ2) is 10.1. The largest absolute Gasteiger partial charge is 0.497 e. The van der Waals surface area contributed by atoms with Gasteiger partial charge in [0.25, 0.3) is 0 Å². The van der Waals surface area contributed by atoms with Gasteiger partial charge in [0.1, 0.15) is 17.9 Å². The summed E-state index contributed by atoms with van der Waals surface area (Å²) in [4.78, 5) is 11.2. The predicted molar refractivity (Wildman–Crippen MR) is 118 cm³/mol. The van der Waals surface area contributed by atoms with Crippen molar-refractivity contribution in [2.75, 3.05) is 7.11 Å². The highest BCUT2D eigenvalue weighted by Crippen LogP contribution is 2.23. The molecule has 0 heterocycles. The van der Waals surface area contributed by atoms with Crippen molar-refractivity contribution in [3.8, 4) is 29.4 Å². The Labute approximate surface area is 180 Å². The van der Waals surface area contributed by atoms with Gasteiger partial charge in [0, 0.05) is 16.7 Å². The fraction of sp³-hybridized carbons (Fsp3) is 0.0741. The number of carbonyl (C=O) groups excluding carboxylic acids is 1. The minimum absolute atomic E-state index is 0.324. The molecular weight excluding hydrogens is 391 g/mol. The number of benzene rings is 3. The third-order valence-electron chi connectivity index (χ3n) is 4.44. The molecule has 3 aromatic carbocycles. The van der Waals surface area contributed by atoms with Crippen LogP contribution in [0, 0.1) is 29.5 Å². The molecule has 0 fully saturated rings. The van der Waals surface area contributed by atoms with Gasteiger partial charge >= 0.3 is 0 Å². The van der Waals surface area contributed by atoms with Crippen molar-refractivity contribution in [2.24, 2.45) is 0 Å². The molecule has 0 aliphatic carbocycles. The van der Waals surface area contributed by atoms with E-state index in [1.165, 1.54) is 30.3 Å². The first-order valence-corrected chi connectivity index (χ1v) is 9.44. The molecule has 0 saturated heterocycles. The summed E-state index contributed by atoms with van der Waals surface area (Å²) in [7, 11) is 1.56. The second-order valence-corrected chi connectivity index (χ2v) is 6.53. The Morgan fingerprint density at radius 3 is 2.26 bits per heavy atom. The van der Waals surface area contributed by atoms with Gasteiger partial charge in [0.15, 0.2) is 0 Å².